The van der Waals surface area contributed by atoms with Gasteiger partial charge < -0.3 is 5.32 Å². The molecule has 120 valence electrons. The third kappa shape index (κ3) is 2.79. The number of halogens is 2. The van der Waals surface area contributed by atoms with Crippen LogP contribution in [0.3, 0.4) is 0 Å². The number of pyridine rings is 1. The lowest BCUT2D eigenvalue weighted by Crippen LogP contribution is -2.14. The highest BCUT2D eigenvalue weighted by Gasteiger charge is 2.21. The lowest BCUT2D eigenvalue weighted by Gasteiger charge is -2.09. The van der Waals surface area contributed by atoms with Crippen molar-refractivity contribution in [3.8, 4) is 0 Å². The fourth-order valence-electron chi connectivity index (χ4n) is 2.10. The van der Waals surface area contributed by atoms with Crippen LogP contribution in [-0.2, 0) is 7.05 Å². The number of carbonyl (C=O) groups excluding carboxylic acids is 1. The summed E-state index contributed by atoms with van der Waals surface area (Å²) in [4.78, 5) is 21.2. The second-order valence-corrected chi connectivity index (χ2v) is 6.21. The molecule has 3 rings (SSSR count). The first kappa shape index (κ1) is 15.5. The Bertz CT molecular complexity index is 883. The fraction of sp³-hybridized carbons (Fsp3) is 0.286. The van der Waals surface area contributed by atoms with Crippen LogP contribution < -0.4 is 5.32 Å². The number of alkyl halides is 2. The van der Waals surface area contributed by atoms with Gasteiger partial charge in [-0.3, -0.25) is 9.48 Å². The lowest BCUT2D eigenvalue weighted by molar-refractivity contribution is 0.102. The molecule has 0 spiro atoms. The molecule has 3 heterocycles. The number of anilines is 1. The maximum atomic E-state index is 13.2. The number of rotatable bonds is 3. The van der Waals surface area contributed by atoms with Crippen LogP contribution in [0.15, 0.2) is 12.3 Å². The van der Waals surface area contributed by atoms with E-state index in [1.807, 2.05) is 6.92 Å². The Balaban J connectivity index is 2.02. The largest absolute Gasteiger partial charge is 0.318 e. The molecule has 0 saturated heterocycles. The van der Waals surface area contributed by atoms with Crippen molar-refractivity contribution in [1.29, 1.82) is 0 Å². The van der Waals surface area contributed by atoms with Crippen molar-refractivity contribution in [2.75, 3.05) is 5.32 Å². The highest BCUT2D eigenvalue weighted by atomic mass is 32.1. The zero-order valence-electron chi connectivity index (χ0n) is 12.6. The Hall–Kier alpha value is -2.42. The van der Waals surface area contributed by atoms with Crippen LogP contribution in [0.1, 0.15) is 32.5 Å². The summed E-state index contributed by atoms with van der Waals surface area (Å²) in [5, 5.41) is 6.69. The number of hydrogen-bond donors (Lipinski definition) is 1. The summed E-state index contributed by atoms with van der Waals surface area (Å²) in [6, 6.07) is 1.45. The van der Waals surface area contributed by atoms with Gasteiger partial charge in [0.25, 0.3) is 12.3 Å². The van der Waals surface area contributed by atoms with Crippen LogP contribution in [0.25, 0.3) is 11.0 Å². The number of hydrogen-bond acceptors (Lipinski definition) is 5. The van der Waals surface area contributed by atoms with Gasteiger partial charge in [-0.05, 0) is 19.9 Å². The highest BCUT2D eigenvalue weighted by Crippen LogP contribution is 2.29. The smallest absolute Gasteiger partial charge is 0.284 e. The SMILES string of the molecule is Cc1nc(C(=O)Nc2cc3c(cnn3C)nc2C(F)F)sc1C. The van der Waals surface area contributed by atoms with E-state index in [4.69, 9.17) is 0 Å². The quantitative estimate of drug-likeness (QED) is 0.796. The van der Waals surface area contributed by atoms with Gasteiger partial charge in [0, 0.05) is 11.9 Å². The second-order valence-electron chi connectivity index (χ2n) is 5.01. The predicted octanol–water partition coefficient (Wildman–Crippen LogP) is 3.23. The number of aryl methyl sites for hydroxylation is 3. The highest BCUT2D eigenvalue weighted by molar-refractivity contribution is 7.13. The van der Waals surface area contributed by atoms with E-state index >= 15 is 0 Å². The lowest BCUT2D eigenvalue weighted by atomic mass is 10.2. The third-order valence-electron chi connectivity index (χ3n) is 3.44. The van der Waals surface area contributed by atoms with E-state index < -0.39 is 18.0 Å². The van der Waals surface area contributed by atoms with Gasteiger partial charge in [-0.2, -0.15) is 5.10 Å². The zero-order chi connectivity index (χ0) is 16.7. The van der Waals surface area contributed by atoms with Gasteiger partial charge in [0.2, 0.25) is 0 Å². The molecule has 0 bridgehead atoms. The number of amides is 1. The van der Waals surface area contributed by atoms with Gasteiger partial charge in [-0.25, -0.2) is 18.7 Å². The van der Waals surface area contributed by atoms with Crippen LogP contribution in [-0.4, -0.2) is 25.7 Å². The number of thiazole rings is 1. The molecule has 0 saturated carbocycles. The van der Waals surface area contributed by atoms with Crippen molar-refractivity contribution in [1.82, 2.24) is 19.7 Å². The number of aromatic nitrogens is 4. The maximum absolute atomic E-state index is 13.2. The minimum Gasteiger partial charge on any atom is -0.318 e. The van der Waals surface area contributed by atoms with Gasteiger partial charge in [0.1, 0.15) is 11.2 Å². The molecule has 0 aliphatic carbocycles. The molecule has 0 atom stereocenters. The molecule has 0 aliphatic rings. The predicted molar refractivity (Wildman–Crippen MR) is 83.0 cm³/mol. The van der Waals surface area contributed by atoms with Crippen molar-refractivity contribution >= 4 is 34.0 Å². The third-order valence-corrected chi connectivity index (χ3v) is 4.51. The van der Waals surface area contributed by atoms with E-state index in [1.54, 1.807) is 14.0 Å². The summed E-state index contributed by atoms with van der Waals surface area (Å²) >= 11 is 1.22. The first-order valence-corrected chi connectivity index (χ1v) is 7.54. The monoisotopic (exact) mass is 337 g/mol. The fourth-order valence-corrected chi connectivity index (χ4v) is 2.91. The summed E-state index contributed by atoms with van der Waals surface area (Å²) in [6.45, 7) is 3.63. The molecule has 0 radical (unpaired) electrons. The minimum absolute atomic E-state index is 0.0355. The van der Waals surface area contributed by atoms with E-state index in [9.17, 15) is 13.6 Å². The summed E-state index contributed by atoms with van der Waals surface area (Å²) < 4.78 is 28.0. The zero-order valence-corrected chi connectivity index (χ0v) is 13.4. The second kappa shape index (κ2) is 5.65. The van der Waals surface area contributed by atoms with E-state index in [1.165, 1.54) is 28.3 Å². The van der Waals surface area contributed by atoms with Gasteiger partial charge >= 0.3 is 0 Å². The molecule has 1 amide bonds. The van der Waals surface area contributed by atoms with Crippen molar-refractivity contribution in [3.05, 3.63) is 33.5 Å². The van der Waals surface area contributed by atoms with Crippen LogP contribution in [0.5, 0.6) is 0 Å². The molecule has 1 N–H and O–H groups in total. The maximum Gasteiger partial charge on any atom is 0.284 e. The molecule has 9 heteroatoms. The average molecular weight is 337 g/mol. The van der Waals surface area contributed by atoms with Gasteiger partial charge in [0.15, 0.2) is 5.01 Å². The molecule has 0 unspecified atom stereocenters. The van der Waals surface area contributed by atoms with Crippen LogP contribution in [0, 0.1) is 13.8 Å². The Morgan fingerprint density at radius 3 is 2.70 bits per heavy atom. The summed E-state index contributed by atoms with van der Waals surface area (Å²) in [7, 11) is 1.67. The van der Waals surface area contributed by atoms with Crippen molar-refractivity contribution in [2.24, 2.45) is 7.05 Å². The number of nitrogens with zero attached hydrogens (tertiary/aromatic N) is 4. The Labute approximate surface area is 134 Å². The first-order chi connectivity index (χ1) is 10.9. The first-order valence-electron chi connectivity index (χ1n) is 6.73. The number of carbonyl (C=O) groups is 1. The van der Waals surface area contributed by atoms with Gasteiger partial charge in [0.05, 0.1) is 23.1 Å². The minimum atomic E-state index is -2.81. The standard InChI is InChI=1S/C14H13F2N5OS/c1-6-7(2)23-14(18-6)13(22)20-8-4-10-9(5-17-21(10)3)19-11(8)12(15)16/h4-5,12H,1-3H3,(H,20,22). The van der Waals surface area contributed by atoms with Crippen LogP contribution in [0.4, 0.5) is 14.5 Å². The van der Waals surface area contributed by atoms with E-state index in [2.05, 4.69) is 20.4 Å². The molecule has 0 aliphatic heterocycles. The molecule has 3 aromatic rings. The molecule has 0 fully saturated rings. The van der Waals surface area contributed by atoms with Crippen LogP contribution in [0.2, 0.25) is 0 Å². The molecular formula is C14H13F2N5OS. The van der Waals surface area contributed by atoms with Crippen molar-refractivity contribution in [2.45, 2.75) is 20.3 Å². The van der Waals surface area contributed by atoms with Crippen molar-refractivity contribution in [3.63, 3.8) is 0 Å². The Kier molecular flexibility index (Phi) is 3.80. The Morgan fingerprint density at radius 1 is 1.35 bits per heavy atom. The summed E-state index contributed by atoms with van der Waals surface area (Å²) in [6.07, 6.45) is -1.41. The molecule has 3 aromatic heterocycles. The van der Waals surface area contributed by atoms with Gasteiger partial charge in [-0.15, -0.1) is 11.3 Å². The number of nitrogens with one attached hydrogen (secondary N) is 1. The molecule has 6 nitrogen and oxygen atoms in total. The molecular weight excluding hydrogens is 324 g/mol. The summed E-state index contributed by atoms with van der Waals surface area (Å²) in [5.41, 5.74) is 1.13. The van der Waals surface area contributed by atoms with Gasteiger partial charge in [-0.1, -0.05) is 0 Å². The Morgan fingerprint density at radius 2 is 2.09 bits per heavy atom. The summed E-state index contributed by atoms with van der Waals surface area (Å²) in [5.74, 6) is -0.531. The number of fused-ring (bicyclic) bond motifs is 1. The average Bonchev–Trinajstić information content (AvgIpc) is 3.02. The van der Waals surface area contributed by atoms with E-state index in [-0.39, 0.29) is 10.7 Å². The normalized spacial score (nSPS) is 11.4. The topological polar surface area (TPSA) is 72.7 Å². The van der Waals surface area contributed by atoms with E-state index in [0.29, 0.717) is 11.0 Å². The van der Waals surface area contributed by atoms with Crippen molar-refractivity contribution < 1.29 is 13.6 Å². The van der Waals surface area contributed by atoms with Crippen LogP contribution >= 0.6 is 11.3 Å². The van der Waals surface area contributed by atoms with E-state index in [0.717, 1.165) is 10.6 Å². The molecule has 23 heavy (non-hydrogen) atoms. The molecule has 0 aromatic carbocycles.